The van der Waals surface area contributed by atoms with Gasteiger partial charge in [-0.25, -0.2) is 0 Å². The van der Waals surface area contributed by atoms with Crippen LogP contribution in [0, 0.1) is 0 Å². The van der Waals surface area contributed by atoms with Gasteiger partial charge in [-0.15, -0.1) is 0 Å². The Bertz CT molecular complexity index is 779. The van der Waals surface area contributed by atoms with E-state index in [0.717, 1.165) is 25.1 Å². The minimum absolute atomic E-state index is 0.675. The van der Waals surface area contributed by atoms with Crippen molar-refractivity contribution in [1.82, 2.24) is 5.32 Å². The lowest BCUT2D eigenvalue weighted by molar-refractivity contribution is 0.780. The Balaban J connectivity index is 1.49. The fraction of sp³-hybridized carbons (Fsp3) is 0.150. The molecule has 3 aromatic carbocycles. The van der Waals surface area contributed by atoms with E-state index >= 15 is 0 Å². The molecule has 0 aromatic heterocycles. The zero-order valence-corrected chi connectivity index (χ0v) is 13.8. The number of aryl methyl sites for hydroxylation is 1. The molecule has 0 spiro atoms. The number of para-hydroxylation sites is 1. The van der Waals surface area contributed by atoms with Gasteiger partial charge in [0, 0.05) is 12.2 Å². The van der Waals surface area contributed by atoms with Crippen LogP contribution in [0.3, 0.4) is 0 Å². The third-order valence-electron chi connectivity index (χ3n) is 3.82. The summed E-state index contributed by atoms with van der Waals surface area (Å²) in [5, 5.41) is 9.79. The molecule has 0 bridgehead atoms. The van der Waals surface area contributed by atoms with E-state index < -0.39 is 0 Å². The van der Waals surface area contributed by atoms with E-state index in [4.69, 9.17) is 12.2 Å². The van der Waals surface area contributed by atoms with Crippen LogP contribution < -0.4 is 10.6 Å². The number of nitrogens with one attached hydrogen (secondary N) is 2. The van der Waals surface area contributed by atoms with Crippen LogP contribution >= 0.6 is 12.2 Å². The first-order valence-corrected chi connectivity index (χ1v) is 8.30. The van der Waals surface area contributed by atoms with Gasteiger partial charge in [0.25, 0.3) is 0 Å². The van der Waals surface area contributed by atoms with Crippen molar-refractivity contribution >= 4 is 33.8 Å². The molecule has 0 amide bonds. The van der Waals surface area contributed by atoms with Crippen LogP contribution in [0.4, 0.5) is 5.69 Å². The number of hydrogen-bond acceptors (Lipinski definition) is 1. The monoisotopic (exact) mass is 320 g/mol. The molecule has 0 saturated heterocycles. The Kier molecular flexibility index (Phi) is 5.22. The molecule has 0 atom stereocenters. The Morgan fingerprint density at radius 2 is 1.57 bits per heavy atom. The summed E-state index contributed by atoms with van der Waals surface area (Å²) < 4.78 is 0. The Morgan fingerprint density at radius 3 is 2.43 bits per heavy atom. The van der Waals surface area contributed by atoms with Gasteiger partial charge in [-0.1, -0.05) is 60.7 Å². The highest BCUT2D eigenvalue weighted by atomic mass is 32.1. The summed E-state index contributed by atoms with van der Waals surface area (Å²) >= 11 is 5.32. The molecule has 2 N–H and O–H groups in total. The lowest BCUT2D eigenvalue weighted by Gasteiger charge is -2.11. The molecule has 3 aromatic rings. The van der Waals surface area contributed by atoms with Crippen molar-refractivity contribution < 1.29 is 0 Å². The fourth-order valence-corrected chi connectivity index (χ4v) is 2.91. The SMILES string of the molecule is S=C(NCCCc1cccc2ccccc12)Nc1ccccc1. The molecule has 0 heterocycles. The van der Waals surface area contributed by atoms with Crippen molar-refractivity contribution in [3.8, 4) is 0 Å². The average molecular weight is 320 g/mol. The topological polar surface area (TPSA) is 24.1 Å². The second-order valence-corrected chi connectivity index (χ2v) is 5.90. The number of anilines is 1. The van der Waals surface area contributed by atoms with Crippen LogP contribution in [0.1, 0.15) is 12.0 Å². The summed E-state index contributed by atoms with van der Waals surface area (Å²) in [6.45, 7) is 0.863. The largest absolute Gasteiger partial charge is 0.362 e. The van der Waals surface area contributed by atoms with Gasteiger partial charge in [0.15, 0.2) is 5.11 Å². The van der Waals surface area contributed by atoms with Gasteiger partial charge in [-0.3, -0.25) is 0 Å². The van der Waals surface area contributed by atoms with Crippen LogP contribution in [-0.2, 0) is 6.42 Å². The number of benzene rings is 3. The van der Waals surface area contributed by atoms with Crippen molar-refractivity contribution in [2.24, 2.45) is 0 Å². The van der Waals surface area contributed by atoms with Crippen LogP contribution in [0.2, 0.25) is 0 Å². The quantitative estimate of drug-likeness (QED) is 0.523. The van der Waals surface area contributed by atoms with Crippen LogP contribution in [0.5, 0.6) is 0 Å². The third kappa shape index (κ3) is 4.30. The minimum Gasteiger partial charge on any atom is -0.362 e. The lowest BCUT2D eigenvalue weighted by Crippen LogP contribution is -2.29. The molecule has 0 fully saturated rings. The van der Waals surface area contributed by atoms with Gasteiger partial charge < -0.3 is 10.6 Å². The molecule has 0 aliphatic carbocycles. The maximum atomic E-state index is 5.32. The first kappa shape index (κ1) is 15.5. The Hall–Kier alpha value is -2.39. The molecule has 0 unspecified atom stereocenters. The highest BCUT2D eigenvalue weighted by Gasteiger charge is 2.01. The van der Waals surface area contributed by atoms with E-state index in [1.54, 1.807) is 0 Å². The maximum absolute atomic E-state index is 5.32. The van der Waals surface area contributed by atoms with E-state index in [0.29, 0.717) is 5.11 Å². The van der Waals surface area contributed by atoms with Crippen molar-refractivity contribution in [3.05, 3.63) is 78.4 Å². The fourth-order valence-electron chi connectivity index (χ4n) is 2.69. The molecule has 0 aliphatic rings. The number of fused-ring (bicyclic) bond motifs is 1. The van der Waals surface area contributed by atoms with Gasteiger partial charge in [0.2, 0.25) is 0 Å². The van der Waals surface area contributed by atoms with Crippen molar-refractivity contribution in [1.29, 1.82) is 0 Å². The van der Waals surface area contributed by atoms with E-state index in [9.17, 15) is 0 Å². The average Bonchev–Trinajstić information content (AvgIpc) is 2.60. The van der Waals surface area contributed by atoms with E-state index in [-0.39, 0.29) is 0 Å². The van der Waals surface area contributed by atoms with Gasteiger partial charge in [0.1, 0.15) is 0 Å². The molecular weight excluding hydrogens is 300 g/mol. The molecule has 116 valence electrons. The van der Waals surface area contributed by atoms with Crippen molar-refractivity contribution in [3.63, 3.8) is 0 Å². The normalized spacial score (nSPS) is 10.4. The third-order valence-corrected chi connectivity index (χ3v) is 4.07. The standard InChI is InChI=1S/C20H20N2S/c23-20(22-18-12-2-1-3-13-18)21-15-7-11-17-10-6-9-16-8-4-5-14-19(16)17/h1-6,8-10,12-14H,7,11,15H2,(H2,21,22,23). The molecule has 23 heavy (non-hydrogen) atoms. The molecule has 0 radical (unpaired) electrons. The van der Waals surface area contributed by atoms with Crippen LogP contribution in [0.25, 0.3) is 10.8 Å². The molecule has 3 rings (SSSR count). The van der Waals surface area contributed by atoms with Gasteiger partial charge in [-0.05, 0) is 53.5 Å². The lowest BCUT2D eigenvalue weighted by atomic mass is 10.0. The summed E-state index contributed by atoms with van der Waals surface area (Å²) in [5.74, 6) is 0. The predicted molar refractivity (Wildman–Crippen MR) is 103 cm³/mol. The first-order valence-electron chi connectivity index (χ1n) is 7.89. The smallest absolute Gasteiger partial charge is 0.170 e. The van der Waals surface area contributed by atoms with E-state index in [1.165, 1.54) is 16.3 Å². The van der Waals surface area contributed by atoms with E-state index in [1.807, 2.05) is 30.3 Å². The van der Waals surface area contributed by atoms with Crippen LogP contribution in [0.15, 0.2) is 72.8 Å². The summed E-state index contributed by atoms with van der Waals surface area (Å²) in [5.41, 5.74) is 2.41. The van der Waals surface area contributed by atoms with Gasteiger partial charge in [-0.2, -0.15) is 0 Å². The molecule has 2 nitrogen and oxygen atoms in total. The number of thiocarbonyl (C=S) groups is 1. The Morgan fingerprint density at radius 1 is 0.826 bits per heavy atom. The summed E-state index contributed by atoms with van der Waals surface area (Å²) in [6.07, 6.45) is 2.09. The zero-order valence-electron chi connectivity index (χ0n) is 13.0. The highest BCUT2D eigenvalue weighted by molar-refractivity contribution is 7.80. The van der Waals surface area contributed by atoms with Crippen molar-refractivity contribution in [2.75, 3.05) is 11.9 Å². The van der Waals surface area contributed by atoms with E-state index in [2.05, 4.69) is 53.1 Å². The van der Waals surface area contributed by atoms with Gasteiger partial charge in [0.05, 0.1) is 0 Å². The number of hydrogen-bond donors (Lipinski definition) is 2. The summed E-state index contributed by atoms with van der Waals surface area (Å²) in [6, 6.07) is 25.0. The zero-order chi connectivity index (χ0) is 15.9. The van der Waals surface area contributed by atoms with Crippen molar-refractivity contribution in [2.45, 2.75) is 12.8 Å². The predicted octanol–water partition coefficient (Wildman–Crippen LogP) is 4.76. The molecule has 0 saturated carbocycles. The Labute approximate surface area is 142 Å². The molecule has 0 aliphatic heterocycles. The van der Waals surface area contributed by atoms with Gasteiger partial charge >= 0.3 is 0 Å². The minimum atomic E-state index is 0.675. The summed E-state index contributed by atoms with van der Waals surface area (Å²) in [4.78, 5) is 0. The first-order chi connectivity index (χ1) is 11.3. The molecule has 3 heteroatoms. The summed E-state index contributed by atoms with van der Waals surface area (Å²) in [7, 11) is 0. The highest BCUT2D eigenvalue weighted by Crippen LogP contribution is 2.19. The maximum Gasteiger partial charge on any atom is 0.170 e. The van der Waals surface area contributed by atoms with Crippen LogP contribution in [-0.4, -0.2) is 11.7 Å². The second kappa shape index (κ2) is 7.75. The number of rotatable bonds is 5. The second-order valence-electron chi connectivity index (χ2n) is 5.49. The molecular formula is C20H20N2S.